The van der Waals surface area contributed by atoms with E-state index >= 15 is 0 Å². The number of benzene rings is 1. The maximum atomic E-state index is 12.2. The molecule has 94 valence electrons. The van der Waals surface area contributed by atoms with E-state index < -0.39 is 0 Å². The van der Waals surface area contributed by atoms with Crippen LogP contribution in [0.5, 0.6) is 0 Å². The van der Waals surface area contributed by atoms with Gasteiger partial charge in [-0.05, 0) is 31.9 Å². The number of nitrogens with zero attached hydrogens (tertiary/aromatic N) is 1. The molecule has 1 atom stereocenters. The van der Waals surface area contributed by atoms with Crippen molar-refractivity contribution < 1.29 is 4.79 Å². The number of carbonyl (C=O) groups excluding carboxylic acids is 1. The zero-order valence-corrected chi connectivity index (χ0v) is 11.1. The first-order valence-electron chi connectivity index (χ1n) is 5.70. The molecule has 3 nitrogen and oxygen atoms in total. The van der Waals surface area contributed by atoms with E-state index in [1.165, 1.54) is 5.56 Å². The van der Waals surface area contributed by atoms with Gasteiger partial charge in [-0.25, -0.2) is 0 Å². The molecule has 0 aromatic heterocycles. The Kier molecular flexibility index (Phi) is 4.54. The SMILES string of the molecule is Cc1ccc(C(=O)N2CCC(N)C2)c(C)c1.Cl. The van der Waals surface area contributed by atoms with Crippen LogP contribution in [0.15, 0.2) is 18.2 Å². The number of hydrogen-bond donors (Lipinski definition) is 1. The topological polar surface area (TPSA) is 46.3 Å². The third-order valence-electron chi connectivity index (χ3n) is 3.12. The maximum absolute atomic E-state index is 12.2. The number of carbonyl (C=O) groups is 1. The van der Waals surface area contributed by atoms with Crippen molar-refractivity contribution in [2.45, 2.75) is 26.3 Å². The fraction of sp³-hybridized carbons (Fsp3) is 0.462. The monoisotopic (exact) mass is 254 g/mol. The summed E-state index contributed by atoms with van der Waals surface area (Å²) in [6.07, 6.45) is 0.913. The number of amides is 1. The fourth-order valence-electron chi connectivity index (χ4n) is 2.20. The number of hydrogen-bond acceptors (Lipinski definition) is 2. The summed E-state index contributed by atoms with van der Waals surface area (Å²) in [5, 5.41) is 0. The Labute approximate surface area is 108 Å². The largest absolute Gasteiger partial charge is 0.337 e. The molecule has 2 N–H and O–H groups in total. The molecule has 1 amide bonds. The number of aryl methyl sites for hydroxylation is 2. The van der Waals surface area contributed by atoms with E-state index in [0.717, 1.165) is 24.1 Å². The smallest absolute Gasteiger partial charge is 0.254 e. The number of nitrogens with two attached hydrogens (primary N) is 1. The van der Waals surface area contributed by atoms with Crippen molar-refractivity contribution in [2.24, 2.45) is 5.73 Å². The van der Waals surface area contributed by atoms with Crippen molar-refractivity contribution in [2.75, 3.05) is 13.1 Å². The molecule has 0 aliphatic carbocycles. The highest BCUT2D eigenvalue weighted by Crippen LogP contribution is 2.16. The molecular weight excluding hydrogens is 236 g/mol. The Morgan fingerprint density at radius 3 is 2.65 bits per heavy atom. The highest BCUT2D eigenvalue weighted by molar-refractivity contribution is 5.95. The van der Waals surface area contributed by atoms with Gasteiger partial charge < -0.3 is 10.6 Å². The standard InChI is InChI=1S/C13H18N2O.ClH/c1-9-3-4-12(10(2)7-9)13(16)15-6-5-11(14)8-15;/h3-4,7,11H,5-6,8,14H2,1-2H3;1H. The van der Waals surface area contributed by atoms with Gasteiger partial charge in [-0.2, -0.15) is 0 Å². The lowest BCUT2D eigenvalue weighted by Crippen LogP contribution is -2.32. The highest BCUT2D eigenvalue weighted by Gasteiger charge is 2.25. The van der Waals surface area contributed by atoms with Crippen molar-refractivity contribution >= 4 is 18.3 Å². The third-order valence-corrected chi connectivity index (χ3v) is 3.12. The molecule has 1 unspecified atom stereocenters. The zero-order chi connectivity index (χ0) is 11.7. The van der Waals surface area contributed by atoms with E-state index in [2.05, 4.69) is 0 Å². The molecule has 1 aromatic rings. The second kappa shape index (κ2) is 5.52. The minimum Gasteiger partial charge on any atom is -0.337 e. The lowest BCUT2D eigenvalue weighted by atomic mass is 10.0. The van der Waals surface area contributed by atoms with Gasteiger partial charge in [0.25, 0.3) is 5.91 Å². The van der Waals surface area contributed by atoms with Crippen LogP contribution in [-0.2, 0) is 0 Å². The fourth-order valence-corrected chi connectivity index (χ4v) is 2.20. The molecule has 4 heteroatoms. The quantitative estimate of drug-likeness (QED) is 0.832. The molecule has 1 heterocycles. The predicted octanol–water partition coefficient (Wildman–Crippen LogP) is 1.90. The van der Waals surface area contributed by atoms with Crippen molar-refractivity contribution in [3.8, 4) is 0 Å². The average molecular weight is 255 g/mol. The summed E-state index contributed by atoms with van der Waals surface area (Å²) in [5.41, 5.74) is 8.85. The van der Waals surface area contributed by atoms with Crippen LogP contribution < -0.4 is 5.73 Å². The van der Waals surface area contributed by atoms with Gasteiger partial charge in [0, 0.05) is 24.7 Å². The van der Waals surface area contributed by atoms with Gasteiger partial charge in [0.15, 0.2) is 0 Å². The molecule has 1 saturated heterocycles. The number of rotatable bonds is 1. The molecule has 1 aromatic carbocycles. The van der Waals surface area contributed by atoms with Crippen LogP contribution in [0.3, 0.4) is 0 Å². The van der Waals surface area contributed by atoms with Gasteiger partial charge in [0.2, 0.25) is 0 Å². The molecule has 0 spiro atoms. The minimum absolute atomic E-state index is 0. The van der Waals surface area contributed by atoms with Gasteiger partial charge in [0.1, 0.15) is 0 Å². The summed E-state index contributed by atoms with van der Waals surface area (Å²) in [7, 11) is 0. The first-order valence-corrected chi connectivity index (χ1v) is 5.70. The minimum atomic E-state index is 0. The Balaban J connectivity index is 0.00000144. The van der Waals surface area contributed by atoms with E-state index in [9.17, 15) is 4.79 Å². The van der Waals surface area contributed by atoms with Crippen LogP contribution in [0.25, 0.3) is 0 Å². The summed E-state index contributed by atoms with van der Waals surface area (Å²) in [6, 6.07) is 6.09. The summed E-state index contributed by atoms with van der Waals surface area (Å²) in [5.74, 6) is 0.116. The molecule has 2 rings (SSSR count). The second-order valence-corrected chi connectivity index (χ2v) is 4.62. The van der Waals surface area contributed by atoms with Gasteiger partial charge in [-0.1, -0.05) is 17.7 Å². The zero-order valence-electron chi connectivity index (χ0n) is 10.3. The molecule has 1 aliphatic rings. The predicted molar refractivity (Wildman–Crippen MR) is 71.7 cm³/mol. The van der Waals surface area contributed by atoms with Gasteiger partial charge in [-0.3, -0.25) is 4.79 Å². The van der Waals surface area contributed by atoms with Crippen LogP contribution in [-0.4, -0.2) is 29.9 Å². The Hall–Kier alpha value is -1.06. The van der Waals surface area contributed by atoms with Crippen LogP contribution >= 0.6 is 12.4 Å². The van der Waals surface area contributed by atoms with Gasteiger partial charge in [-0.15, -0.1) is 12.4 Å². The lowest BCUT2D eigenvalue weighted by Gasteiger charge is -2.17. The number of likely N-dealkylation sites (tertiary alicyclic amines) is 1. The molecular formula is C13H19ClN2O. The molecule has 1 fully saturated rings. The second-order valence-electron chi connectivity index (χ2n) is 4.62. The van der Waals surface area contributed by atoms with E-state index in [1.807, 2.05) is 36.9 Å². The van der Waals surface area contributed by atoms with Crippen LogP contribution in [0, 0.1) is 13.8 Å². The van der Waals surface area contributed by atoms with Crippen LogP contribution in [0.2, 0.25) is 0 Å². The van der Waals surface area contributed by atoms with Crippen molar-refractivity contribution in [3.63, 3.8) is 0 Å². The van der Waals surface area contributed by atoms with Gasteiger partial charge >= 0.3 is 0 Å². The van der Waals surface area contributed by atoms with Crippen molar-refractivity contribution in [1.82, 2.24) is 4.90 Å². The Morgan fingerprint density at radius 1 is 1.41 bits per heavy atom. The van der Waals surface area contributed by atoms with E-state index in [1.54, 1.807) is 0 Å². The third kappa shape index (κ3) is 2.99. The first kappa shape index (κ1) is 14.0. The maximum Gasteiger partial charge on any atom is 0.254 e. The average Bonchev–Trinajstić information content (AvgIpc) is 2.64. The Bertz CT molecular complexity index is 420. The molecule has 0 radical (unpaired) electrons. The summed E-state index contributed by atoms with van der Waals surface area (Å²) >= 11 is 0. The molecule has 17 heavy (non-hydrogen) atoms. The van der Waals surface area contributed by atoms with Crippen molar-refractivity contribution in [1.29, 1.82) is 0 Å². The molecule has 0 bridgehead atoms. The summed E-state index contributed by atoms with van der Waals surface area (Å²) in [6.45, 7) is 5.49. The Morgan fingerprint density at radius 2 is 2.12 bits per heavy atom. The summed E-state index contributed by atoms with van der Waals surface area (Å²) < 4.78 is 0. The van der Waals surface area contributed by atoms with Gasteiger partial charge in [0.05, 0.1) is 0 Å². The number of halogens is 1. The highest BCUT2D eigenvalue weighted by atomic mass is 35.5. The van der Waals surface area contributed by atoms with Crippen molar-refractivity contribution in [3.05, 3.63) is 34.9 Å². The van der Waals surface area contributed by atoms with E-state index in [0.29, 0.717) is 6.54 Å². The van der Waals surface area contributed by atoms with Crippen LogP contribution in [0.1, 0.15) is 27.9 Å². The molecule has 0 saturated carbocycles. The normalized spacial score (nSPS) is 19.0. The van der Waals surface area contributed by atoms with Crippen LogP contribution in [0.4, 0.5) is 0 Å². The molecule has 1 aliphatic heterocycles. The summed E-state index contributed by atoms with van der Waals surface area (Å²) in [4.78, 5) is 14.0. The first-order chi connectivity index (χ1) is 7.58. The lowest BCUT2D eigenvalue weighted by molar-refractivity contribution is 0.0790. The van der Waals surface area contributed by atoms with E-state index in [4.69, 9.17) is 5.73 Å². The van der Waals surface area contributed by atoms with E-state index in [-0.39, 0.29) is 24.4 Å².